The normalized spacial score (nSPS) is 44.7. The molecule has 2 aliphatic carbocycles. The Labute approximate surface area is 62.4 Å². The van der Waals surface area contributed by atoms with Crippen LogP contribution < -0.4 is 0 Å². The van der Waals surface area contributed by atoms with Crippen molar-refractivity contribution in [1.29, 1.82) is 0 Å². The Morgan fingerprint density at radius 1 is 1.20 bits per heavy atom. The molecule has 58 valence electrons. The quantitative estimate of drug-likeness (QED) is 0.620. The molecular formula is C9H16O. The fraction of sp³-hybridized carbons (Fsp3) is 1.00. The number of aliphatic hydroxyl groups is 1. The summed E-state index contributed by atoms with van der Waals surface area (Å²) in [7, 11) is 0. The third-order valence-electron chi connectivity index (χ3n) is 3.38. The second-order valence-corrected chi connectivity index (χ2v) is 3.95. The summed E-state index contributed by atoms with van der Waals surface area (Å²) in [5, 5.41) is 8.75. The molecule has 0 saturated heterocycles. The van der Waals surface area contributed by atoms with Crippen LogP contribution in [0.1, 0.15) is 32.1 Å². The van der Waals surface area contributed by atoms with Gasteiger partial charge in [-0.3, -0.25) is 0 Å². The smallest absolute Gasteiger partial charge is 0.0433 e. The predicted octanol–water partition coefficient (Wildman–Crippen LogP) is 1.80. The molecule has 1 N–H and O–H groups in total. The molecule has 1 heteroatoms. The van der Waals surface area contributed by atoms with Crippen LogP contribution in [0.4, 0.5) is 0 Å². The van der Waals surface area contributed by atoms with E-state index in [1.165, 1.54) is 25.7 Å². The topological polar surface area (TPSA) is 20.2 Å². The molecule has 2 aliphatic rings. The van der Waals surface area contributed by atoms with Crippen molar-refractivity contribution in [3.8, 4) is 0 Å². The minimum atomic E-state index is 0.411. The Kier molecular flexibility index (Phi) is 1.69. The summed E-state index contributed by atoms with van der Waals surface area (Å²) in [5.74, 6) is 2.93. The third-order valence-corrected chi connectivity index (χ3v) is 3.38. The number of hydrogen-bond acceptors (Lipinski definition) is 1. The van der Waals surface area contributed by atoms with Crippen molar-refractivity contribution >= 4 is 0 Å². The third kappa shape index (κ3) is 0.968. The molecule has 0 amide bonds. The van der Waals surface area contributed by atoms with E-state index in [1.54, 1.807) is 0 Å². The number of hydrogen-bond donors (Lipinski definition) is 1. The lowest BCUT2D eigenvalue weighted by atomic mass is 9.87. The van der Waals surface area contributed by atoms with E-state index in [9.17, 15) is 0 Å². The molecule has 0 heterocycles. The number of fused-ring (bicyclic) bond motifs is 2. The van der Waals surface area contributed by atoms with Gasteiger partial charge in [-0.25, -0.2) is 0 Å². The Balaban J connectivity index is 1.90. The van der Waals surface area contributed by atoms with Crippen molar-refractivity contribution in [2.24, 2.45) is 17.8 Å². The molecule has 3 atom stereocenters. The fourth-order valence-corrected chi connectivity index (χ4v) is 2.90. The summed E-state index contributed by atoms with van der Waals surface area (Å²) in [6.07, 6.45) is 6.90. The highest BCUT2D eigenvalue weighted by Gasteiger charge is 2.38. The molecule has 0 aromatic carbocycles. The van der Waals surface area contributed by atoms with Gasteiger partial charge >= 0.3 is 0 Å². The molecule has 0 aromatic heterocycles. The van der Waals surface area contributed by atoms with Gasteiger partial charge in [0.05, 0.1) is 0 Å². The zero-order valence-corrected chi connectivity index (χ0v) is 6.42. The van der Waals surface area contributed by atoms with Gasteiger partial charge in [0.1, 0.15) is 0 Å². The molecule has 0 aliphatic heterocycles. The number of rotatable bonds is 2. The van der Waals surface area contributed by atoms with Crippen LogP contribution in [0, 0.1) is 17.8 Å². The van der Waals surface area contributed by atoms with E-state index < -0.39 is 0 Å². The van der Waals surface area contributed by atoms with Crippen LogP contribution >= 0.6 is 0 Å². The summed E-state index contributed by atoms with van der Waals surface area (Å²) < 4.78 is 0. The van der Waals surface area contributed by atoms with Crippen LogP contribution in [0.5, 0.6) is 0 Å². The largest absolute Gasteiger partial charge is 0.396 e. The minimum absolute atomic E-state index is 0.411. The molecule has 2 saturated carbocycles. The van der Waals surface area contributed by atoms with Gasteiger partial charge in [0, 0.05) is 6.61 Å². The highest BCUT2D eigenvalue weighted by atomic mass is 16.3. The average Bonchev–Trinajstić information content (AvgIpc) is 2.48. The SMILES string of the molecule is OCC[C@H]1C[C@H]2CC[C@@H]1C2. The highest BCUT2D eigenvalue weighted by Crippen LogP contribution is 2.49. The molecule has 0 unspecified atom stereocenters. The van der Waals surface area contributed by atoms with Crippen molar-refractivity contribution in [1.82, 2.24) is 0 Å². The summed E-state index contributed by atoms with van der Waals surface area (Å²) >= 11 is 0. The van der Waals surface area contributed by atoms with Gasteiger partial charge in [0.2, 0.25) is 0 Å². The zero-order chi connectivity index (χ0) is 6.97. The van der Waals surface area contributed by atoms with Crippen LogP contribution in [-0.4, -0.2) is 11.7 Å². The Morgan fingerprint density at radius 3 is 2.60 bits per heavy atom. The van der Waals surface area contributed by atoms with Gasteiger partial charge in [0.25, 0.3) is 0 Å². The zero-order valence-electron chi connectivity index (χ0n) is 6.42. The molecule has 2 rings (SSSR count). The van der Waals surface area contributed by atoms with Gasteiger partial charge in [-0.05, 0) is 43.4 Å². The first-order chi connectivity index (χ1) is 4.90. The maximum atomic E-state index is 8.75. The van der Waals surface area contributed by atoms with Crippen LogP contribution in [-0.2, 0) is 0 Å². The maximum absolute atomic E-state index is 8.75. The van der Waals surface area contributed by atoms with E-state index in [4.69, 9.17) is 5.11 Å². The second kappa shape index (κ2) is 2.54. The van der Waals surface area contributed by atoms with Crippen LogP contribution in [0.3, 0.4) is 0 Å². The van der Waals surface area contributed by atoms with Gasteiger partial charge in [-0.2, -0.15) is 0 Å². The van der Waals surface area contributed by atoms with Crippen LogP contribution in [0.15, 0.2) is 0 Å². The van der Waals surface area contributed by atoms with Crippen molar-refractivity contribution in [2.45, 2.75) is 32.1 Å². The monoisotopic (exact) mass is 140 g/mol. The van der Waals surface area contributed by atoms with E-state index in [1.807, 2.05) is 0 Å². The molecule has 0 aromatic rings. The molecular weight excluding hydrogens is 124 g/mol. The van der Waals surface area contributed by atoms with Crippen LogP contribution in [0.2, 0.25) is 0 Å². The highest BCUT2D eigenvalue weighted by molar-refractivity contribution is 4.89. The molecule has 0 spiro atoms. The average molecular weight is 140 g/mol. The van der Waals surface area contributed by atoms with E-state index in [2.05, 4.69) is 0 Å². The molecule has 2 fully saturated rings. The van der Waals surface area contributed by atoms with Crippen molar-refractivity contribution in [2.75, 3.05) is 6.61 Å². The maximum Gasteiger partial charge on any atom is 0.0433 e. The standard InChI is InChI=1S/C9H16O/c10-4-3-9-6-7-1-2-8(9)5-7/h7-10H,1-6H2/t7-,8+,9-/m0/s1. The van der Waals surface area contributed by atoms with Gasteiger partial charge in [0.15, 0.2) is 0 Å². The Bertz CT molecular complexity index is 122. The lowest BCUT2D eigenvalue weighted by molar-refractivity contribution is 0.219. The van der Waals surface area contributed by atoms with E-state index >= 15 is 0 Å². The van der Waals surface area contributed by atoms with E-state index in [0.29, 0.717) is 6.61 Å². The summed E-state index contributed by atoms with van der Waals surface area (Å²) in [6, 6.07) is 0. The van der Waals surface area contributed by atoms with Crippen molar-refractivity contribution in [3.05, 3.63) is 0 Å². The lowest BCUT2D eigenvalue weighted by Gasteiger charge is -2.19. The van der Waals surface area contributed by atoms with Crippen molar-refractivity contribution < 1.29 is 5.11 Å². The second-order valence-electron chi connectivity index (χ2n) is 3.95. The minimum Gasteiger partial charge on any atom is -0.396 e. The first-order valence-electron chi connectivity index (χ1n) is 4.51. The van der Waals surface area contributed by atoms with Crippen molar-refractivity contribution in [3.63, 3.8) is 0 Å². The number of aliphatic hydroxyl groups excluding tert-OH is 1. The van der Waals surface area contributed by atoms with Crippen LogP contribution in [0.25, 0.3) is 0 Å². The summed E-state index contributed by atoms with van der Waals surface area (Å²) in [4.78, 5) is 0. The molecule has 10 heavy (non-hydrogen) atoms. The Hall–Kier alpha value is -0.0400. The molecule has 1 nitrogen and oxygen atoms in total. The first kappa shape index (κ1) is 6.66. The predicted molar refractivity (Wildman–Crippen MR) is 40.6 cm³/mol. The molecule has 0 radical (unpaired) electrons. The molecule has 2 bridgehead atoms. The Morgan fingerprint density at radius 2 is 2.10 bits per heavy atom. The van der Waals surface area contributed by atoms with Gasteiger partial charge in [-0.15, -0.1) is 0 Å². The lowest BCUT2D eigenvalue weighted by Crippen LogP contribution is -2.11. The fourth-order valence-electron chi connectivity index (χ4n) is 2.90. The summed E-state index contributed by atoms with van der Waals surface area (Å²) in [5.41, 5.74) is 0. The summed E-state index contributed by atoms with van der Waals surface area (Å²) in [6.45, 7) is 0.411. The van der Waals surface area contributed by atoms with Gasteiger partial charge in [-0.1, -0.05) is 6.42 Å². The first-order valence-corrected chi connectivity index (χ1v) is 4.51. The van der Waals surface area contributed by atoms with Gasteiger partial charge < -0.3 is 5.11 Å². The van der Waals surface area contributed by atoms with E-state index in [0.717, 1.165) is 24.2 Å². The van der Waals surface area contributed by atoms with E-state index in [-0.39, 0.29) is 0 Å².